The first kappa shape index (κ1) is 13.6. The summed E-state index contributed by atoms with van der Waals surface area (Å²) in [7, 11) is 1.72. The van der Waals surface area contributed by atoms with Gasteiger partial charge in [-0.25, -0.2) is 4.98 Å². The van der Waals surface area contributed by atoms with Crippen LogP contribution in [0.15, 0.2) is 53.6 Å². The SMILES string of the molecule is CC(C)c1cccc(-c2ccc3ncn(C)c(=O)c3c2)c1. The molecule has 0 saturated heterocycles. The molecular weight excluding hydrogens is 260 g/mol. The predicted molar refractivity (Wildman–Crippen MR) is 86.5 cm³/mol. The number of benzene rings is 2. The summed E-state index contributed by atoms with van der Waals surface area (Å²) in [5.41, 5.74) is 4.21. The third kappa shape index (κ3) is 2.47. The molecule has 3 rings (SSSR count). The van der Waals surface area contributed by atoms with Crippen LogP contribution >= 0.6 is 0 Å². The van der Waals surface area contributed by atoms with Crippen molar-refractivity contribution in [3.63, 3.8) is 0 Å². The molecule has 0 fully saturated rings. The Hall–Kier alpha value is -2.42. The number of aromatic nitrogens is 2. The average molecular weight is 278 g/mol. The number of hydrogen-bond donors (Lipinski definition) is 0. The van der Waals surface area contributed by atoms with Crippen molar-refractivity contribution in [1.82, 2.24) is 9.55 Å². The van der Waals surface area contributed by atoms with Crippen molar-refractivity contribution in [3.8, 4) is 11.1 Å². The summed E-state index contributed by atoms with van der Waals surface area (Å²) >= 11 is 0. The Morgan fingerprint density at radius 3 is 2.57 bits per heavy atom. The fraction of sp³-hybridized carbons (Fsp3) is 0.222. The Bertz CT molecular complexity index is 862. The first-order chi connectivity index (χ1) is 10.1. The molecule has 3 aromatic rings. The van der Waals surface area contributed by atoms with Crippen LogP contribution in [0.5, 0.6) is 0 Å². The Labute approximate surface area is 123 Å². The average Bonchev–Trinajstić information content (AvgIpc) is 2.51. The second kappa shape index (κ2) is 5.17. The van der Waals surface area contributed by atoms with Gasteiger partial charge in [-0.2, -0.15) is 0 Å². The lowest BCUT2D eigenvalue weighted by molar-refractivity contribution is 0.843. The molecule has 0 saturated carbocycles. The smallest absolute Gasteiger partial charge is 0.260 e. The van der Waals surface area contributed by atoms with E-state index in [1.807, 2.05) is 18.2 Å². The second-order valence-electron chi connectivity index (χ2n) is 5.67. The van der Waals surface area contributed by atoms with Crippen LogP contribution in [-0.2, 0) is 7.05 Å². The molecule has 3 heteroatoms. The minimum atomic E-state index is -0.0122. The Morgan fingerprint density at radius 2 is 1.81 bits per heavy atom. The van der Waals surface area contributed by atoms with E-state index in [2.05, 4.69) is 43.1 Å². The van der Waals surface area contributed by atoms with Crippen LogP contribution in [0.1, 0.15) is 25.3 Å². The van der Waals surface area contributed by atoms with Crippen LogP contribution in [0.3, 0.4) is 0 Å². The Morgan fingerprint density at radius 1 is 1.05 bits per heavy atom. The van der Waals surface area contributed by atoms with Crippen LogP contribution in [-0.4, -0.2) is 9.55 Å². The molecule has 1 aromatic heterocycles. The second-order valence-corrected chi connectivity index (χ2v) is 5.67. The molecule has 0 aliphatic rings. The highest BCUT2D eigenvalue weighted by Crippen LogP contribution is 2.25. The summed E-state index contributed by atoms with van der Waals surface area (Å²) in [5, 5.41) is 0.660. The monoisotopic (exact) mass is 278 g/mol. The maximum absolute atomic E-state index is 12.2. The number of fused-ring (bicyclic) bond motifs is 1. The van der Waals surface area contributed by atoms with Gasteiger partial charge in [0.05, 0.1) is 17.2 Å². The molecule has 3 nitrogen and oxygen atoms in total. The lowest BCUT2D eigenvalue weighted by atomic mass is 9.97. The van der Waals surface area contributed by atoms with Gasteiger partial charge in [0.25, 0.3) is 5.56 Å². The minimum Gasteiger partial charge on any atom is -0.302 e. The van der Waals surface area contributed by atoms with Gasteiger partial charge >= 0.3 is 0 Å². The van der Waals surface area contributed by atoms with E-state index >= 15 is 0 Å². The van der Waals surface area contributed by atoms with Crippen LogP contribution < -0.4 is 5.56 Å². The zero-order valence-corrected chi connectivity index (χ0v) is 12.5. The van der Waals surface area contributed by atoms with Gasteiger partial charge in [0, 0.05) is 7.05 Å². The third-order valence-corrected chi connectivity index (χ3v) is 3.80. The molecule has 0 N–H and O–H groups in total. The van der Waals surface area contributed by atoms with E-state index in [1.54, 1.807) is 13.4 Å². The van der Waals surface area contributed by atoms with E-state index < -0.39 is 0 Å². The molecule has 1 heterocycles. The summed E-state index contributed by atoms with van der Waals surface area (Å²) in [4.78, 5) is 16.5. The molecule has 2 aromatic carbocycles. The van der Waals surface area contributed by atoms with Crippen molar-refractivity contribution >= 4 is 10.9 Å². The molecule has 0 aliphatic heterocycles. The van der Waals surface area contributed by atoms with Gasteiger partial charge in [-0.1, -0.05) is 44.2 Å². The molecule has 0 spiro atoms. The fourth-order valence-corrected chi connectivity index (χ4v) is 2.47. The summed E-state index contributed by atoms with van der Waals surface area (Å²) < 4.78 is 1.51. The number of hydrogen-bond acceptors (Lipinski definition) is 2. The lowest BCUT2D eigenvalue weighted by Crippen LogP contribution is -2.16. The predicted octanol–water partition coefficient (Wildman–Crippen LogP) is 3.72. The van der Waals surface area contributed by atoms with Crippen LogP contribution in [0.4, 0.5) is 0 Å². The fourth-order valence-electron chi connectivity index (χ4n) is 2.47. The summed E-state index contributed by atoms with van der Waals surface area (Å²) in [5.74, 6) is 0.486. The highest BCUT2D eigenvalue weighted by Gasteiger charge is 2.06. The normalized spacial score (nSPS) is 11.2. The molecule has 21 heavy (non-hydrogen) atoms. The number of aryl methyl sites for hydroxylation is 1. The van der Waals surface area contributed by atoms with Crippen molar-refractivity contribution in [2.24, 2.45) is 7.05 Å². The van der Waals surface area contributed by atoms with E-state index in [0.29, 0.717) is 11.3 Å². The molecule has 0 amide bonds. The molecule has 0 aliphatic carbocycles. The van der Waals surface area contributed by atoms with Crippen LogP contribution in [0.2, 0.25) is 0 Å². The quantitative estimate of drug-likeness (QED) is 0.716. The van der Waals surface area contributed by atoms with Gasteiger partial charge in [0.1, 0.15) is 0 Å². The standard InChI is InChI=1S/C18H18N2O/c1-12(2)13-5-4-6-14(9-13)15-7-8-17-16(10-15)18(21)20(3)11-19-17/h4-12H,1-3H3. The van der Waals surface area contributed by atoms with Crippen molar-refractivity contribution in [2.45, 2.75) is 19.8 Å². The van der Waals surface area contributed by atoms with Gasteiger partial charge in [-0.15, -0.1) is 0 Å². The van der Waals surface area contributed by atoms with E-state index in [0.717, 1.165) is 16.6 Å². The molecule has 0 radical (unpaired) electrons. The molecular formula is C18H18N2O. The molecule has 0 atom stereocenters. The number of rotatable bonds is 2. The van der Waals surface area contributed by atoms with Gasteiger partial charge in [-0.05, 0) is 34.7 Å². The topological polar surface area (TPSA) is 34.9 Å². The van der Waals surface area contributed by atoms with E-state index in [-0.39, 0.29) is 5.56 Å². The van der Waals surface area contributed by atoms with Crippen LogP contribution in [0.25, 0.3) is 22.0 Å². The van der Waals surface area contributed by atoms with Crippen molar-refractivity contribution in [1.29, 1.82) is 0 Å². The largest absolute Gasteiger partial charge is 0.302 e. The van der Waals surface area contributed by atoms with Crippen molar-refractivity contribution in [3.05, 3.63) is 64.7 Å². The first-order valence-corrected chi connectivity index (χ1v) is 7.12. The maximum Gasteiger partial charge on any atom is 0.260 e. The zero-order chi connectivity index (χ0) is 15.0. The van der Waals surface area contributed by atoms with Gasteiger partial charge in [-0.3, -0.25) is 4.79 Å². The van der Waals surface area contributed by atoms with Gasteiger partial charge in [0.2, 0.25) is 0 Å². The molecule has 106 valence electrons. The Kier molecular flexibility index (Phi) is 3.34. The lowest BCUT2D eigenvalue weighted by Gasteiger charge is -2.09. The van der Waals surface area contributed by atoms with E-state index in [4.69, 9.17) is 0 Å². The highest BCUT2D eigenvalue weighted by atomic mass is 16.1. The summed E-state index contributed by atoms with van der Waals surface area (Å²) in [6.07, 6.45) is 1.56. The van der Waals surface area contributed by atoms with Crippen molar-refractivity contribution < 1.29 is 0 Å². The minimum absolute atomic E-state index is 0.0122. The Balaban J connectivity index is 2.19. The van der Waals surface area contributed by atoms with E-state index in [9.17, 15) is 4.79 Å². The van der Waals surface area contributed by atoms with E-state index in [1.165, 1.54) is 10.1 Å². The summed E-state index contributed by atoms with van der Waals surface area (Å²) in [6, 6.07) is 14.3. The highest BCUT2D eigenvalue weighted by molar-refractivity contribution is 5.83. The first-order valence-electron chi connectivity index (χ1n) is 7.12. The van der Waals surface area contributed by atoms with Crippen molar-refractivity contribution in [2.75, 3.05) is 0 Å². The van der Waals surface area contributed by atoms with Gasteiger partial charge < -0.3 is 4.57 Å². The number of nitrogens with zero attached hydrogens (tertiary/aromatic N) is 2. The van der Waals surface area contributed by atoms with Crippen LogP contribution in [0, 0.1) is 0 Å². The zero-order valence-electron chi connectivity index (χ0n) is 12.5. The summed E-state index contributed by atoms with van der Waals surface area (Å²) in [6.45, 7) is 4.36. The maximum atomic E-state index is 12.2. The molecule has 0 bridgehead atoms. The van der Waals surface area contributed by atoms with Gasteiger partial charge in [0.15, 0.2) is 0 Å². The molecule has 0 unspecified atom stereocenters. The third-order valence-electron chi connectivity index (χ3n) is 3.80.